The molecule has 1 saturated carbocycles. The van der Waals surface area contributed by atoms with Gasteiger partial charge in [-0.3, -0.25) is 9.59 Å². The second kappa shape index (κ2) is 5.22. The molecule has 2 amide bonds. The fourth-order valence-corrected chi connectivity index (χ4v) is 3.65. The van der Waals surface area contributed by atoms with Crippen molar-refractivity contribution in [3.8, 4) is 0 Å². The van der Waals surface area contributed by atoms with Gasteiger partial charge in [0.15, 0.2) is 0 Å². The van der Waals surface area contributed by atoms with Crippen LogP contribution < -0.4 is 5.32 Å². The largest absolute Gasteiger partial charge is 0.357 e. The third kappa shape index (κ3) is 2.30. The normalized spacial score (nSPS) is 25.1. The molecule has 0 unspecified atom stereocenters. The van der Waals surface area contributed by atoms with E-state index in [2.05, 4.69) is 10.3 Å². The SMILES string of the molecule is O=C(Nc1cccc(F)c1)[C@H]1[C@H]2C[C@H]1N(C(=O)c1ccc[nH]1)C2. The summed E-state index contributed by atoms with van der Waals surface area (Å²) in [5.74, 6) is -0.616. The summed E-state index contributed by atoms with van der Waals surface area (Å²) >= 11 is 0. The lowest BCUT2D eigenvalue weighted by atomic mass is 9.73. The smallest absolute Gasteiger partial charge is 0.270 e. The van der Waals surface area contributed by atoms with Gasteiger partial charge in [0.25, 0.3) is 5.91 Å². The number of nitrogens with zero attached hydrogens (tertiary/aromatic N) is 1. The van der Waals surface area contributed by atoms with Crippen molar-refractivity contribution in [1.82, 2.24) is 9.88 Å². The lowest BCUT2D eigenvalue weighted by Crippen LogP contribution is -2.47. The summed E-state index contributed by atoms with van der Waals surface area (Å²) in [6, 6.07) is 9.29. The molecule has 1 aromatic heterocycles. The lowest BCUT2D eigenvalue weighted by molar-refractivity contribution is -0.124. The van der Waals surface area contributed by atoms with Crippen molar-refractivity contribution >= 4 is 17.5 Å². The summed E-state index contributed by atoms with van der Waals surface area (Å²) in [5.41, 5.74) is 0.991. The number of amides is 2. The number of rotatable bonds is 3. The van der Waals surface area contributed by atoms with Crippen LogP contribution in [0.3, 0.4) is 0 Å². The van der Waals surface area contributed by atoms with E-state index in [0.29, 0.717) is 17.9 Å². The van der Waals surface area contributed by atoms with Crippen molar-refractivity contribution in [2.75, 3.05) is 11.9 Å². The van der Waals surface area contributed by atoms with Crippen LogP contribution in [0.15, 0.2) is 42.6 Å². The number of H-pyrrole nitrogens is 1. The highest BCUT2D eigenvalue weighted by Crippen LogP contribution is 2.47. The first-order valence-electron chi connectivity index (χ1n) is 7.64. The zero-order valence-electron chi connectivity index (χ0n) is 12.3. The molecule has 2 saturated heterocycles. The van der Waals surface area contributed by atoms with Gasteiger partial charge in [-0.1, -0.05) is 6.07 Å². The maximum absolute atomic E-state index is 13.2. The lowest BCUT2D eigenvalue weighted by Gasteiger charge is -2.35. The average Bonchev–Trinajstić information content (AvgIpc) is 3.22. The molecule has 5 nitrogen and oxygen atoms in total. The van der Waals surface area contributed by atoms with Crippen LogP contribution in [-0.2, 0) is 4.79 Å². The van der Waals surface area contributed by atoms with E-state index in [1.807, 2.05) is 0 Å². The molecule has 2 aliphatic heterocycles. The van der Waals surface area contributed by atoms with E-state index in [-0.39, 0.29) is 35.5 Å². The first-order valence-corrected chi connectivity index (χ1v) is 7.64. The van der Waals surface area contributed by atoms with Gasteiger partial charge in [-0.15, -0.1) is 0 Å². The molecule has 1 aromatic carbocycles. The summed E-state index contributed by atoms with van der Waals surface area (Å²) in [5, 5.41) is 2.76. The third-order valence-electron chi connectivity index (χ3n) is 4.78. The Morgan fingerprint density at radius 1 is 1.26 bits per heavy atom. The van der Waals surface area contributed by atoms with Crippen molar-refractivity contribution in [2.45, 2.75) is 12.5 Å². The van der Waals surface area contributed by atoms with Gasteiger partial charge < -0.3 is 15.2 Å². The summed E-state index contributed by atoms with van der Waals surface area (Å²) in [4.78, 5) is 29.6. The highest BCUT2D eigenvalue weighted by Gasteiger charge is 2.56. The van der Waals surface area contributed by atoms with Gasteiger partial charge in [-0.25, -0.2) is 4.39 Å². The van der Waals surface area contributed by atoms with Crippen LogP contribution in [0.5, 0.6) is 0 Å². The minimum Gasteiger partial charge on any atom is -0.357 e. The van der Waals surface area contributed by atoms with Gasteiger partial charge in [0.05, 0.1) is 5.92 Å². The van der Waals surface area contributed by atoms with Crippen LogP contribution in [0.2, 0.25) is 0 Å². The molecular formula is C17H16FN3O2. The molecule has 2 N–H and O–H groups in total. The third-order valence-corrected chi connectivity index (χ3v) is 4.78. The Morgan fingerprint density at radius 3 is 2.87 bits per heavy atom. The summed E-state index contributed by atoms with van der Waals surface area (Å²) in [6.07, 6.45) is 2.56. The zero-order valence-corrected chi connectivity index (χ0v) is 12.3. The van der Waals surface area contributed by atoms with Crippen LogP contribution in [0, 0.1) is 17.7 Å². The number of fused-ring (bicyclic) bond motifs is 1. The van der Waals surface area contributed by atoms with Crippen LogP contribution in [-0.4, -0.2) is 34.3 Å². The predicted molar refractivity (Wildman–Crippen MR) is 82.2 cm³/mol. The van der Waals surface area contributed by atoms with Crippen LogP contribution in [0.25, 0.3) is 0 Å². The van der Waals surface area contributed by atoms with E-state index in [9.17, 15) is 14.0 Å². The van der Waals surface area contributed by atoms with E-state index in [1.165, 1.54) is 12.1 Å². The molecule has 2 bridgehead atoms. The molecule has 1 aliphatic carbocycles. The number of benzene rings is 1. The maximum Gasteiger partial charge on any atom is 0.270 e. The van der Waals surface area contributed by atoms with Gasteiger partial charge in [-0.05, 0) is 42.7 Å². The fourth-order valence-electron chi connectivity index (χ4n) is 3.65. The Labute approximate surface area is 132 Å². The molecular weight excluding hydrogens is 297 g/mol. The molecule has 5 rings (SSSR count). The van der Waals surface area contributed by atoms with Crippen LogP contribution >= 0.6 is 0 Å². The minimum absolute atomic E-state index is 0.0654. The van der Waals surface area contributed by atoms with E-state index in [0.717, 1.165) is 6.42 Å². The van der Waals surface area contributed by atoms with E-state index in [1.54, 1.807) is 35.4 Å². The number of carbonyl (C=O) groups excluding carboxylic acids is 2. The Morgan fingerprint density at radius 2 is 2.13 bits per heavy atom. The van der Waals surface area contributed by atoms with E-state index in [4.69, 9.17) is 0 Å². The zero-order chi connectivity index (χ0) is 16.0. The number of carbonyl (C=O) groups is 2. The predicted octanol–water partition coefficient (Wildman–Crippen LogP) is 2.25. The Kier molecular flexibility index (Phi) is 3.18. The van der Waals surface area contributed by atoms with Crippen molar-refractivity contribution in [1.29, 1.82) is 0 Å². The molecule has 3 fully saturated rings. The number of anilines is 1. The standard InChI is InChI=1S/C17H16FN3O2/c18-11-3-1-4-12(8-11)20-16(22)15-10-7-14(15)21(9-10)17(23)13-5-2-6-19-13/h1-6,8,10,14-15,19H,7,9H2,(H,20,22)/t10-,14+,15-/m0/s1. The summed E-state index contributed by atoms with van der Waals surface area (Å²) < 4.78 is 13.2. The topological polar surface area (TPSA) is 65.2 Å². The van der Waals surface area contributed by atoms with Crippen molar-refractivity contribution in [3.05, 3.63) is 54.1 Å². The van der Waals surface area contributed by atoms with Crippen LogP contribution in [0.1, 0.15) is 16.9 Å². The van der Waals surface area contributed by atoms with Gasteiger partial charge in [0.1, 0.15) is 11.5 Å². The summed E-state index contributed by atoms with van der Waals surface area (Å²) in [7, 11) is 0. The number of aromatic amines is 1. The Balaban J connectivity index is 1.46. The van der Waals surface area contributed by atoms with Gasteiger partial charge in [-0.2, -0.15) is 0 Å². The molecule has 2 aromatic rings. The number of hydrogen-bond donors (Lipinski definition) is 2. The molecule has 0 radical (unpaired) electrons. The average molecular weight is 313 g/mol. The van der Waals surface area contributed by atoms with Gasteiger partial charge in [0, 0.05) is 24.5 Å². The number of halogens is 1. The Bertz CT molecular complexity index is 759. The molecule has 0 spiro atoms. The first-order chi connectivity index (χ1) is 11.1. The number of hydrogen-bond acceptors (Lipinski definition) is 2. The quantitative estimate of drug-likeness (QED) is 0.913. The molecule has 6 heteroatoms. The Hall–Kier alpha value is -2.63. The number of aromatic nitrogens is 1. The number of nitrogens with one attached hydrogen (secondary N) is 2. The fraction of sp³-hybridized carbons (Fsp3) is 0.294. The van der Waals surface area contributed by atoms with Crippen molar-refractivity contribution in [3.63, 3.8) is 0 Å². The maximum atomic E-state index is 13.2. The molecule has 3 heterocycles. The highest BCUT2D eigenvalue weighted by atomic mass is 19.1. The van der Waals surface area contributed by atoms with Crippen molar-refractivity contribution < 1.29 is 14.0 Å². The van der Waals surface area contributed by atoms with Crippen LogP contribution in [0.4, 0.5) is 10.1 Å². The van der Waals surface area contributed by atoms with E-state index >= 15 is 0 Å². The molecule has 3 aliphatic rings. The molecule has 118 valence electrons. The van der Waals surface area contributed by atoms with E-state index < -0.39 is 0 Å². The highest BCUT2D eigenvalue weighted by molar-refractivity contribution is 5.97. The second-order valence-electron chi connectivity index (χ2n) is 6.13. The second-order valence-corrected chi connectivity index (χ2v) is 6.13. The first kappa shape index (κ1) is 14.0. The van der Waals surface area contributed by atoms with Gasteiger partial charge >= 0.3 is 0 Å². The minimum atomic E-state index is -0.386. The summed E-state index contributed by atoms with van der Waals surface area (Å²) in [6.45, 7) is 0.601. The molecule has 23 heavy (non-hydrogen) atoms. The monoisotopic (exact) mass is 313 g/mol. The molecule has 3 atom stereocenters. The van der Waals surface area contributed by atoms with Crippen molar-refractivity contribution in [2.24, 2.45) is 11.8 Å². The van der Waals surface area contributed by atoms with Gasteiger partial charge in [0.2, 0.25) is 5.91 Å².